The molecule has 0 atom stereocenters. The minimum atomic E-state index is -3.71. The van der Waals surface area contributed by atoms with E-state index >= 15 is 0 Å². The Morgan fingerprint density at radius 1 is 0.926 bits per heavy atom. The molecule has 0 radical (unpaired) electrons. The van der Waals surface area contributed by atoms with Gasteiger partial charge in [0.25, 0.3) is 11.8 Å². The van der Waals surface area contributed by atoms with Crippen molar-refractivity contribution < 1.29 is 18.0 Å². The van der Waals surface area contributed by atoms with Crippen LogP contribution in [0.5, 0.6) is 0 Å². The maximum Gasteiger partial charge on any atom is 0.251 e. The largest absolute Gasteiger partial charge is 0.352 e. The minimum Gasteiger partial charge on any atom is -0.352 e. The number of nitrogens with two attached hydrogens (primary N) is 1. The summed E-state index contributed by atoms with van der Waals surface area (Å²) in [6.45, 7) is 2.92. The summed E-state index contributed by atoms with van der Waals surface area (Å²) in [6.07, 6.45) is 1.37. The first-order chi connectivity index (χ1) is 12.8. The van der Waals surface area contributed by atoms with Crippen molar-refractivity contribution in [1.82, 2.24) is 10.6 Å². The second-order valence-corrected chi connectivity index (χ2v) is 7.59. The average molecular weight is 389 g/mol. The van der Waals surface area contributed by atoms with E-state index in [0.717, 1.165) is 12.0 Å². The predicted octanol–water partition coefficient (Wildman–Crippen LogP) is 1.45. The van der Waals surface area contributed by atoms with Crippen molar-refractivity contribution in [3.05, 3.63) is 65.2 Å². The lowest BCUT2D eigenvalue weighted by molar-refractivity contribution is 0.0953. The SMILES string of the molecule is CCCNC(=O)c1cccc(C(=O)NCCc2ccc(S(N)(=O)=O)cc2)c1. The van der Waals surface area contributed by atoms with Crippen LogP contribution in [0.1, 0.15) is 39.6 Å². The van der Waals surface area contributed by atoms with Crippen LogP contribution >= 0.6 is 0 Å². The Hall–Kier alpha value is -2.71. The molecule has 0 aliphatic rings. The molecule has 0 heterocycles. The molecule has 0 aliphatic carbocycles. The van der Waals surface area contributed by atoms with Gasteiger partial charge in [-0.1, -0.05) is 25.1 Å². The van der Waals surface area contributed by atoms with E-state index in [1.807, 2.05) is 6.92 Å². The summed E-state index contributed by atoms with van der Waals surface area (Å²) in [5.41, 5.74) is 1.72. The number of carbonyl (C=O) groups is 2. The molecule has 0 unspecified atom stereocenters. The molecule has 0 bridgehead atoms. The Bertz CT molecular complexity index is 909. The van der Waals surface area contributed by atoms with Gasteiger partial charge in [0.1, 0.15) is 0 Å². The molecule has 2 amide bonds. The van der Waals surface area contributed by atoms with E-state index in [0.29, 0.717) is 30.6 Å². The average Bonchev–Trinajstić information content (AvgIpc) is 2.65. The Kier molecular flexibility index (Phi) is 7.09. The number of primary sulfonamides is 1. The summed E-state index contributed by atoms with van der Waals surface area (Å²) in [4.78, 5) is 24.3. The number of sulfonamides is 1. The van der Waals surface area contributed by atoms with E-state index in [4.69, 9.17) is 5.14 Å². The molecule has 0 spiro atoms. The molecule has 2 aromatic carbocycles. The van der Waals surface area contributed by atoms with Gasteiger partial charge in [0.15, 0.2) is 0 Å². The van der Waals surface area contributed by atoms with Gasteiger partial charge in [-0.15, -0.1) is 0 Å². The van der Waals surface area contributed by atoms with E-state index in [2.05, 4.69) is 10.6 Å². The van der Waals surface area contributed by atoms with Crippen molar-refractivity contribution >= 4 is 21.8 Å². The summed E-state index contributed by atoms with van der Waals surface area (Å²) in [5, 5.41) is 10.6. The summed E-state index contributed by atoms with van der Waals surface area (Å²) in [5.74, 6) is -0.484. The zero-order chi connectivity index (χ0) is 19.9. The third-order valence-corrected chi connectivity index (χ3v) is 4.80. The van der Waals surface area contributed by atoms with E-state index < -0.39 is 10.0 Å². The molecule has 2 rings (SSSR count). The van der Waals surface area contributed by atoms with Crippen LogP contribution in [-0.2, 0) is 16.4 Å². The highest BCUT2D eigenvalue weighted by Gasteiger charge is 2.10. The number of amides is 2. The van der Waals surface area contributed by atoms with Gasteiger partial charge < -0.3 is 10.6 Å². The summed E-state index contributed by atoms with van der Waals surface area (Å²) >= 11 is 0. The molecule has 0 saturated carbocycles. The van der Waals surface area contributed by atoms with Gasteiger partial charge in [-0.3, -0.25) is 9.59 Å². The highest BCUT2D eigenvalue weighted by molar-refractivity contribution is 7.89. The number of nitrogens with one attached hydrogen (secondary N) is 2. The smallest absolute Gasteiger partial charge is 0.251 e. The van der Waals surface area contributed by atoms with Gasteiger partial charge in [0.2, 0.25) is 10.0 Å². The normalized spacial score (nSPS) is 11.0. The summed E-state index contributed by atoms with van der Waals surface area (Å²) in [6, 6.07) is 12.7. The first-order valence-corrected chi connectivity index (χ1v) is 10.1. The van der Waals surface area contributed by atoms with Crippen molar-refractivity contribution in [2.75, 3.05) is 13.1 Å². The fourth-order valence-corrected chi connectivity index (χ4v) is 2.93. The van der Waals surface area contributed by atoms with Crippen LogP contribution in [0.25, 0.3) is 0 Å². The number of rotatable bonds is 8. The third-order valence-electron chi connectivity index (χ3n) is 3.87. The number of hydrogen-bond acceptors (Lipinski definition) is 4. The van der Waals surface area contributed by atoms with Crippen molar-refractivity contribution in [2.24, 2.45) is 5.14 Å². The monoisotopic (exact) mass is 389 g/mol. The molecule has 0 aliphatic heterocycles. The van der Waals surface area contributed by atoms with E-state index in [9.17, 15) is 18.0 Å². The second-order valence-electron chi connectivity index (χ2n) is 6.03. The van der Waals surface area contributed by atoms with Crippen LogP contribution in [0.4, 0.5) is 0 Å². The van der Waals surface area contributed by atoms with Crippen LogP contribution in [0.2, 0.25) is 0 Å². The summed E-state index contributed by atoms with van der Waals surface area (Å²) in [7, 11) is -3.71. The quantitative estimate of drug-likeness (QED) is 0.633. The standard InChI is InChI=1S/C19H23N3O4S/c1-2-11-21-18(23)15-4-3-5-16(13-15)19(24)22-12-10-14-6-8-17(9-7-14)27(20,25)26/h3-9,13H,2,10-12H2,1H3,(H,21,23)(H,22,24)(H2,20,25,26). The fraction of sp³-hybridized carbons (Fsp3) is 0.263. The molecule has 2 aromatic rings. The molecule has 7 nitrogen and oxygen atoms in total. The highest BCUT2D eigenvalue weighted by Crippen LogP contribution is 2.09. The molecule has 8 heteroatoms. The van der Waals surface area contributed by atoms with E-state index in [-0.39, 0.29) is 16.7 Å². The van der Waals surface area contributed by atoms with Gasteiger partial charge >= 0.3 is 0 Å². The van der Waals surface area contributed by atoms with Crippen LogP contribution in [-0.4, -0.2) is 33.3 Å². The topological polar surface area (TPSA) is 118 Å². The van der Waals surface area contributed by atoms with Crippen LogP contribution in [0.3, 0.4) is 0 Å². The molecule has 4 N–H and O–H groups in total. The maximum atomic E-state index is 12.3. The second kappa shape index (κ2) is 9.29. The lowest BCUT2D eigenvalue weighted by Crippen LogP contribution is -2.27. The first kappa shape index (κ1) is 20.6. The van der Waals surface area contributed by atoms with Gasteiger partial charge in [-0.05, 0) is 48.7 Å². The van der Waals surface area contributed by atoms with Gasteiger partial charge in [0, 0.05) is 24.2 Å². The van der Waals surface area contributed by atoms with Crippen LogP contribution < -0.4 is 15.8 Å². The van der Waals surface area contributed by atoms with E-state index in [1.54, 1.807) is 36.4 Å². The molecule has 0 fully saturated rings. The van der Waals surface area contributed by atoms with Gasteiger partial charge in [-0.25, -0.2) is 13.6 Å². The zero-order valence-electron chi connectivity index (χ0n) is 15.1. The van der Waals surface area contributed by atoms with Crippen molar-refractivity contribution in [3.63, 3.8) is 0 Å². The maximum absolute atomic E-state index is 12.3. The molecular formula is C19H23N3O4S. The summed E-state index contributed by atoms with van der Waals surface area (Å²) < 4.78 is 22.5. The number of benzene rings is 2. The molecule has 144 valence electrons. The lowest BCUT2D eigenvalue weighted by Gasteiger charge is -2.08. The van der Waals surface area contributed by atoms with Crippen molar-refractivity contribution in [3.8, 4) is 0 Å². The molecule has 0 saturated heterocycles. The number of carbonyl (C=O) groups excluding carboxylic acids is 2. The Morgan fingerprint density at radius 3 is 2.00 bits per heavy atom. The predicted molar refractivity (Wildman–Crippen MR) is 103 cm³/mol. The Balaban J connectivity index is 1.91. The third kappa shape index (κ3) is 6.19. The van der Waals surface area contributed by atoms with Crippen molar-refractivity contribution in [1.29, 1.82) is 0 Å². The Morgan fingerprint density at radius 2 is 1.48 bits per heavy atom. The number of hydrogen-bond donors (Lipinski definition) is 3. The fourth-order valence-electron chi connectivity index (χ4n) is 2.41. The van der Waals surface area contributed by atoms with Crippen LogP contribution in [0.15, 0.2) is 53.4 Å². The van der Waals surface area contributed by atoms with Gasteiger partial charge in [0.05, 0.1) is 4.90 Å². The van der Waals surface area contributed by atoms with E-state index in [1.165, 1.54) is 12.1 Å². The zero-order valence-corrected chi connectivity index (χ0v) is 15.9. The van der Waals surface area contributed by atoms with Crippen LogP contribution in [0, 0.1) is 0 Å². The molecule has 0 aromatic heterocycles. The highest BCUT2D eigenvalue weighted by atomic mass is 32.2. The van der Waals surface area contributed by atoms with Gasteiger partial charge in [-0.2, -0.15) is 0 Å². The minimum absolute atomic E-state index is 0.0495. The first-order valence-electron chi connectivity index (χ1n) is 8.59. The lowest BCUT2D eigenvalue weighted by atomic mass is 10.1. The molecule has 27 heavy (non-hydrogen) atoms. The van der Waals surface area contributed by atoms with Crippen molar-refractivity contribution in [2.45, 2.75) is 24.7 Å². The molecular weight excluding hydrogens is 366 g/mol. The Labute approximate surface area is 159 Å².